The van der Waals surface area contributed by atoms with Crippen LogP contribution in [0.1, 0.15) is 18.1 Å². The number of hydrogen-bond donors (Lipinski definition) is 1. The largest absolute Gasteiger partial charge is 0.493 e. The van der Waals surface area contributed by atoms with Gasteiger partial charge in [0, 0.05) is 12.0 Å². The van der Waals surface area contributed by atoms with E-state index in [0.29, 0.717) is 41.7 Å². The fraction of sp³-hybridized carbons (Fsp3) is 0.429. The molecule has 0 amide bonds. The van der Waals surface area contributed by atoms with Crippen molar-refractivity contribution in [1.29, 1.82) is 0 Å². The molecule has 1 unspecified atom stereocenters. The lowest BCUT2D eigenvalue weighted by atomic mass is 9.77. The molecule has 0 saturated carbocycles. The maximum Gasteiger partial charge on any atom is 0.203 e. The molecule has 0 radical (unpaired) electrons. The van der Waals surface area contributed by atoms with Crippen molar-refractivity contribution < 1.29 is 23.7 Å². The van der Waals surface area contributed by atoms with Crippen molar-refractivity contribution in [3.8, 4) is 28.7 Å². The van der Waals surface area contributed by atoms with E-state index in [4.69, 9.17) is 29.4 Å². The molecule has 0 bridgehead atoms. The molecular weight excluding hydrogens is 346 g/mol. The third-order valence-electron chi connectivity index (χ3n) is 4.85. The summed E-state index contributed by atoms with van der Waals surface area (Å²) in [4.78, 5) is 0. The van der Waals surface area contributed by atoms with Crippen molar-refractivity contribution in [2.45, 2.75) is 18.8 Å². The Labute approximate surface area is 161 Å². The summed E-state index contributed by atoms with van der Waals surface area (Å²) in [5.41, 5.74) is 7.97. The van der Waals surface area contributed by atoms with Gasteiger partial charge in [0.1, 0.15) is 0 Å². The molecule has 0 spiro atoms. The number of hydrogen-bond acceptors (Lipinski definition) is 6. The maximum absolute atomic E-state index is 6.19. The minimum atomic E-state index is -0.315. The molecule has 0 aromatic heterocycles. The van der Waals surface area contributed by atoms with Gasteiger partial charge in [-0.05, 0) is 41.8 Å². The molecule has 0 aliphatic rings. The van der Waals surface area contributed by atoms with E-state index in [2.05, 4.69) is 6.92 Å². The van der Waals surface area contributed by atoms with Gasteiger partial charge in [0.15, 0.2) is 23.0 Å². The number of ether oxygens (including phenoxy) is 5. The first kappa shape index (κ1) is 20.7. The first-order valence-electron chi connectivity index (χ1n) is 8.67. The summed E-state index contributed by atoms with van der Waals surface area (Å²) < 4.78 is 27.1. The van der Waals surface area contributed by atoms with Crippen LogP contribution in [0.5, 0.6) is 28.7 Å². The van der Waals surface area contributed by atoms with E-state index in [0.717, 1.165) is 11.1 Å². The van der Waals surface area contributed by atoms with Crippen molar-refractivity contribution in [1.82, 2.24) is 0 Å². The molecule has 0 saturated heterocycles. The topological polar surface area (TPSA) is 72.2 Å². The van der Waals surface area contributed by atoms with Crippen molar-refractivity contribution >= 4 is 0 Å². The SMILES string of the molecule is COc1ccc(C(C)(CN)Cc2cc(OC)c(OC)c(OC)c2)cc1OC. The first-order chi connectivity index (χ1) is 13.0. The predicted octanol–water partition coefficient (Wildman–Crippen LogP) is 3.19. The normalized spacial score (nSPS) is 12.9. The summed E-state index contributed by atoms with van der Waals surface area (Å²) in [5.74, 6) is 3.19. The second kappa shape index (κ2) is 8.86. The average molecular weight is 375 g/mol. The monoisotopic (exact) mass is 375 g/mol. The highest BCUT2D eigenvalue weighted by atomic mass is 16.5. The van der Waals surface area contributed by atoms with Gasteiger partial charge in [0.05, 0.1) is 35.5 Å². The third-order valence-corrected chi connectivity index (χ3v) is 4.85. The Balaban J connectivity index is 2.46. The van der Waals surface area contributed by atoms with Crippen LogP contribution in [0.2, 0.25) is 0 Å². The van der Waals surface area contributed by atoms with Crippen LogP contribution in [0.25, 0.3) is 0 Å². The number of methoxy groups -OCH3 is 5. The molecule has 27 heavy (non-hydrogen) atoms. The van der Waals surface area contributed by atoms with E-state index >= 15 is 0 Å². The van der Waals surface area contributed by atoms with Crippen molar-refractivity contribution in [3.05, 3.63) is 41.5 Å². The molecule has 0 aliphatic carbocycles. The molecule has 2 rings (SSSR count). The predicted molar refractivity (Wildman–Crippen MR) is 106 cm³/mol. The van der Waals surface area contributed by atoms with Gasteiger partial charge in [0.25, 0.3) is 0 Å². The number of rotatable bonds is 9. The Bertz CT molecular complexity index is 752. The summed E-state index contributed by atoms with van der Waals surface area (Å²) in [6.07, 6.45) is 0.690. The fourth-order valence-electron chi connectivity index (χ4n) is 3.19. The Morgan fingerprint density at radius 3 is 1.74 bits per heavy atom. The van der Waals surface area contributed by atoms with Crippen LogP contribution in [0.3, 0.4) is 0 Å². The number of benzene rings is 2. The summed E-state index contributed by atoms with van der Waals surface area (Å²) in [7, 11) is 8.05. The van der Waals surface area contributed by atoms with Crippen LogP contribution in [0, 0.1) is 0 Å². The molecule has 0 aliphatic heterocycles. The number of nitrogens with two attached hydrogens (primary N) is 1. The molecule has 6 heteroatoms. The summed E-state index contributed by atoms with van der Waals surface area (Å²) >= 11 is 0. The summed E-state index contributed by atoms with van der Waals surface area (Å²) in [6.45, 7) is 2.58. The van der Waals surface area contributed by atoms with Crippen LogP contribution in [-0.2, 0) is 11.8 Å². The second-order valence-electron chi connectivity index (χ2n) is 6.54. The highest BCUT2D eigenvalue weighted by Gasteiger charge is 2.28. The molecule has 0 heterocycles. The van der Waals surface area contributed by atoms with E-state index < -0.39 is 0 Å². The zero-order valence-corrected chi connectivity index (χ0v) is 16.9. The molecule has 0 fully saturated rings. The van der Waals surface area contributed by atoms with Gasteiger partial charge in [-0.15, -0.1) is 0 Å². The fourth-order valence-corrected chi connectivity index (χ4v) is 3.19. The highest BCUT2D eigenvalue weighted by Crippen LogP contribution is 2.41. The van der Waals surface area contributed by atoms with Gasteiger partial charge in [-0.1, -0.05) is 13.0 Å². The molecular formula is C21H29NO5. The minimum Gasteiger partial charge on any atom is -0.493 e. The van der Waals surface area contributed by atoms with Crippen molar-refractivity contribution in [2.24, 2.45) is 5.73 Å². The highest BCUT2D eigenvalue weighted by molar-refractivity contribution is 5.54. The van der Waals surface area contributed by atoms with E-state index in [1.807, 2.05) is 30.3 Å². The molecule has 148 valence electrons. The summed E-state index contributed by atoms with van der Waals surface area (Å²) in [6, 6.07) is 9.80. The Kier molecular flexibility index (Phi) is 6.80. The zero-order chi connectivity index (χ0) is 20.0. The lowest BCUT2D eigenvalue weighted by Gasteiger charge is -2.30. The van der Waals surface area contributed by atoms with Crippen molar-refractivity contribution in [2.75, 3.05) is 42.1 Å². The van der Waals surface area contributed by atoms with E-state index in [-0.39, 0.29) is 5.41 Å². The van der Waals surface area contributed by atoms with Crippen LogP contribution >= 0.6 is 0 Å². The summed E-state index contributed by atoms with van der Waals surface area (Å²) in [5, 5.41) is 0. The maximum atomic E-state index is 6.19. The Hall–Kier alpha value is -2.60. The van der Waals surface area contributed by atoms with E-state index in [9.17, 15) is 0 Å². The molecule has 2 aromatic carbocycles. The van der Waals surface area contributed by atoms with Crippen molar-refractivity contribution in [3.63, 3.8) is 0 Å². The van der Waals surface area contributed by atoms with Crippen LogP contribution in [0.15, 0.2) is 30.3 Å². The quantitative estimate of drug-likeness (QED) is 0.726. The standard InChI is InChI=1S/C21H29NO5/c1-21(13-22,15-7-8-16(23-2)17(11-15)24-3)12-14-9-18(25-4)20(27-6)19(10-14)26-5/h7-11H,12-13,22H2,1-6H3. The zero-order valence-electron chi connectivity index (χ0n) is 16.9. The second-order valence-corrected chi connectivity index (χ2v) is 6.54. The van der Waals surface area contributed by atoms with Gasteiger partial charge >= 0.3 is 0 Å². The van der Waals surface area contributed by atoms with Crippen LogP contribution in [-0.4, -0.2) is 42.1 Å². The van der Waals surface area contributed by atoms with Gasteiger partial charge in [-0.2, -0.15) is 0 Å². The third kappa shape index (κ3) is 4.22. The Morgan fingerprint density at radius 1 is 0.741 bits per heavy atom. The molecule has 1 atom stereocenters. The Morgan fingerprint density at radius 2 is 1.30 bits per heavy atom. The lowest BCUT2D eigenvalue weighted by Crippen LogP contribution is -2.34. The lowest BCUT2D eigenvalue weighted by molar-refractivity contribution is 0.323. The minimum absolute atomic E-state index is 0.315. The molecule has 2 aromatic rings. The molecule has 6 nitrogen and oxygen atoms in total. The van der Waals surface area contributed by atoms with Gasteiger partial charge in [0.2, 0.25) is 5.75 Å². The first-order valence-corrected chi connectivity index (χ1v) is 8.67. The van der Waals surface area contributed by atoms with Crippen LogP contribution < -0.4 is 29.4 Å². The van der Waals surface area contributed by atoms with Gasteiger partial charge in [-0.25, -0.2) is 0 Å². The van der Waals surface area contributed by atoms with E-state index in [1.54, 1.807) is 35.5 Å². The van der Waals surface area contributed by atoms with E-state index in [1.165, 1.54) is 0 Å². The van der Waals surface area contributed by atoms with Gasteiger partial charge < -0.3 is 29.4 Å². The average Bonchev–Trinajstić information content (AvgIpc) is 2.71. The smallest absolute Gasteiger partial charge is 0.203 e. The molecule has 2 N–H and O–H groups in total. The van der Waals surface area contributed by atoms with Gasteiger partial charge in [-0.3, -0.25) is 0 Å². The van der Waals surface area contributed by atoms with Crippen LogP contribution in [0.4, 0.5) is 0 Å².